The Bertz CT molecular complexity index is 1100. The maximum atomic E-state index is 12.4. The summed E-state index contributed by atoms with van der Waals surface area (Å²) < 4.78 is 0.871. The average Bonchev–Trinajstić information content (AvgIpc) is 3.00. The number of fused-ring (bicyclic) bond motifs is 2. The standard InChI is InChI=1S/C19H15ClN4O3S/c20-10-5-6-13-15(9-10)28-19(23-13)24-16(25)8-7-14-18(27)21-12-4-2-1-3-11(12)17(26)22-14/h1-6,9,14H,7-8H2,(H,21,27)(H,22,26)(H,23,24,25). The molecule has 2 aromatic carbocycles. The fourth-order valence-corrected chi connectivity index (χ4v) is 4.08. The number of rotatable bonds is 4. The van der Waals surface area contributed by atoms with Crippen LogP contribution >= 0.6 is 22.9 Å². The second-order valence-corrected chi connectivity index (χ2v) is 7.75. The van der Waals surface area contributed by atoms with Crippen molar-refractivity contribution >= 4 is 61.7 Å². The monoisotopic (exact) mass is 414 g/mol. The van der Waals surface area contributed by atoms with E-state index in [0.29, 0.717) is 21.4 Å². The summed E-state index contributed by atoms with van der Waals surface area (Å²) in [6, 6.07) is 11.3. The maximum Gasteiger partial charge on any atom is 0.254 e. The Hall–Kier alpha value is -2.97. The molecule has 1 aromatic heterocycles. The number of halogens is 1. The molecule has 9 heteroatoms. The number of aromatic nitrogens is 1. The van der Waals surface area contributed by atoms with Crippen molar-refractivity contribution < 1.29 is 14.4 Å². The van der Waals surface area contributed by atoms with E-state index in [9.17, 15) is 14.4 Å². The van der Waals surface area contributed by atoms with E-state index in [0.717, 1.165) is 10.2 Å². The molecule has 1 unspecified atom stereocenters. The molecule has 2 heterocycles. The van der Waals surface area contributed by atoms with Crippen molar-refractivity contribution in [2.45, 2.75) is 18.9 Å². The summed E-state index contributed by atoms with van der Waals surface area (Å²) in [7, 11) is 0. The van der Waals surface area contributed by atoms with Crippen molar-refractivity contribution in [3.8, 4) is 0 Å². The third-order valence-corrected chi connectivity index (χ3v) is 5.48. The summed E-state index contributed by atoms with van der Waals surface area (Å²) in [5, 5.41) is 9.19. The number of amides is 3. The van der Waals surface area contributed by atoms with Gasteiger partial charge in [0.25, 0.3) is 5.91 Å². The zero-order valence-corrected chi connectivity index (χ0v) is 16.1. The topological polar surface area (TPSA) is 100 Å². The van der Waals surface area contributed by atoms with Crippen LogP contribution in [-0.2, 0) is 9.59 Å². The fourth-order valence-electron chi connectivity index (χ4n) is 2.92. The molecule has 3 N–H and O–H groups in total. The SMILES string of the molecule is O=C(CCC1NC(=O)c2ccccc2NC1=O)Nc1nc2ccc(Cl)cc2s1. The van der Waals surface area contributed by atoms with Crippen LogP contribution in [0.2, 0.25) is 5.02 Å². The lowest BCUT2D eigenvalue weighted by molar-refractivity contribution is -0.118. The van der Waals surface area contributed by atoms with Crippen molar-refractivity contribution in [2.75, 3.05) is 10.6 Å². The Labute approximate surface area is 169 Å². The minimum atomic E-state index is -0.792. The molecule has 0 spiro atoms. The van der Waals surface area contributed by atoms with Gasteiger partial charge >= 0.3 is 0 Å². The lowest BCUT2D eigenvalue weighted by Crippen LogP contribution is -2.41. The molecule has 28 heavy (non-hydrogen) atoms. The predicted octanol–water partition coefficient (Wildman–Crippen LogP) is 3.42. The fraction of sp³-hybridized carbons (Fsp3) is 0.158. The van der Waals surface area contributed by atoms with E-state index < -0.39 is 6.04 Å². The van der Waals surface area contributed by atoms with E-state index in [-0.39, 0.29) is 30.6 Å². The normalized spacial score (nSPS) is 16.1. The smallest absolute Gasteiger partial charge is 0.254 e. The van der Waals surface area contributed by atoms with E-state index in [2.05, 4.69) is 20.9 Å². The molecule has 1 aliphatic heterocycles. The Balaban J connectivity index is 1.39. The van der Waals surface area contributed by atoms with Gasteiger partial charge in [0.1, 0.15) is 6.04 Å². The number of anilines is 2. The van der Waals surface area contributed by atoms with Gasteiger partial charge in [-0.2, -0.15) is 0 Å². The van der Waals surface area contributed by atoms with Crippen LogP contribution in [0, 0.1) is 0 Å². The molecular formula is C19H15ClN4O3S. The van der Waals surface area contributed by atoms with Gasteiger partial charge in [-0.05, 0) is 36.8 Å². The molecular weight excluding hydrogens is 400 g/mol. The number of benzene rings is 2. The highest BCUT2D eigenvalue weighted by atomic mass is 35.5. The molecule has 4 rings (SSSR count). The van der Waals surface area contributed by atoms with Crippen molar-refractivity contribution in [1.29, 1.82) is 0 Å². The maximum absolute atomic E-state index is 12.4. The van der Waals surface area contributed by atoms with Crippen LogP contribution in [0.15, 0.2) is 42.5 Å². The van der Waals surface area contributed by atoms with Gasteiger partial charge in [-0.15, -0.1) is 0 Å². The van der Waals surface area contributed by atoms with Crippen molar-refractivity contribution in [1.82, 2.24) is 10.3 Å². The number of carbonyl (C=O) groups is 3. The molecule has 142 valence electrons. The third-order valence-electron chi connectivity index (χ3n) is 4.31. The van der Waals surface area contributed by atoms with Crippen molar-refractivity contribution in [3.05, 3.63) is 53.1 Å². The first-order chi connectivity index (χ1) is 13.5. The van der Waals surface area contributed by atoms with Crippen LogP contribution in [-0.4, -0.2) is 28.7 Å². The Morgan fingerprint density at radius 1 is 1.21 bits per heavy atom. The minimum absolute atomic E-state index is 0.0609. The number of carbonyl (C=O) groups excluding carboxylic acids is 3. The molecule has 0 aliphatic carbocycles. The summed E-state index contributed by atoms with van der Waals surface area (Å²) >= 11 is 7.28. The minimum Gasteiger partial charge on any atom is -0.340 e. The molecule has 0 radical (unpaired) electrons. The van der Waals surface area contributed by atoms with E-state index in [1.807, 2.05) is 0 Å². The molecule has 0 saturated carbocycles. The molecule has 0 bridgehead atoms. The van der Waals surface area contributed by atoms with Crippen LogP contribution < -0.4 is 16.0 Å². The van der Waals surface area contributed by atoms with Gasteiger partial charge in [-0.3, -0.25) is 14.4 Å². The second kappa shape index (κ2) is 7.57. The van der Waals surface area contributed by atoms with Crippen LogP contribution in [0.25, 0.3) is 10.2 Å². The number of thiazole rings is 1. The van der Waals surface area contributed by atoms with Crippen LogP contribution in [0.1, 0.15) is 23.2 Å². The van der Waals surface area contributed by atoms with E-state index in [1.165, 1.54) is 11.3 Å². The predicted molar refractivity (Wildman–Crippen MR) is 109 cm³/mol. The number of hydrogen-bond donors (Lipinski definition) is 3. The van der Waals surface area contributed by atoms with Crippen molar-refractivity contribution in [3.63, 3.8) is 0 Å². The molecule has 1 aliphatic rings. The highest BCUT2D eigenvalue weighted by Gasteiger charge is 2.27. The summed E-state index contributed by atoms with van der Waals surface area (Å²) in [4.78, 5) is 41.3. The number of nitrogens with one attached hydrogen (secondary N) is 3. The Morgan fingerprint density at radius 3 is 2.89 bits per heavy atom. The van der Waals surface area contributed by atoms with Crippen LogP contribution in [0.4, 0.5) is 10.8 Å². The van der Waals surface area contributed by atoms with Crippen molar-refractivity contribution in [2.24, 2.45) is 0 Å². The molecule has 3 amide bonds. The van der Waals surface area contributed by atoms with E-state index in [4.69, 9.17) is 11.6 Å². The lowest BCUT2D eigenvalue weighted by Gasteiger charge is -2.13. The molecule has 0 fully saturated rings. The van der Waals surface area contributed by atoms with Gasteiger partial charge in [0.2, 0.25) is 11.8 Å². The van der Waals surface area contributed by atoms with Gasteiger partial charge < -0.3 is 16.0 Å². The van der Waals surface area contributed by atoms with Gasteiger partial charge in [-0.25, -0.2) is 4.98 Å². The third kappa shape index (κ3) is 3.83. The molecule has 1 atom stereocenters. The quantitative estimate of drug-likeness (QED) is 0.609. The van der Waals surface area contributed by atoms with Crippen LogP contribution in [0.3, 0.4) is 0 Å². The van der Waals surface area contributed by atoms with Gasteiger partial charge in [0.15, 0.2) is 5.13 Å². The number of para-hydroxylation sites is 1. The Morgan fingerprint density at radius 2 is 2.04 bits per heavy atom. The van der Waals surface area contributed by atoms with E-state index >= 15 is 0 Å². The van der Waals surface area contributed by atoms with Gasteiger partial charge in [0, 0.05) is 11.4 Å². The number of nitrogens with zero attached hydrogens (tertiary/aromatic N) is 1. The Kier molecular flexibility index (Phi) is 4.97. The summed E-state index contributed by atoms with van der Waals surface area (Å²) in [5.41, 5.74) is 1.61. The van der Waals surface area contributed by atoms with Crippen LogP contribution in [0.5, 0.6) is 0 Å². The highest BCUT2D eigenvalue weighted by molar-refractivity contribution is 7.22. The summed E-state index contributed by atoms with van der Waals surface area (Å²) in [6.45, 7) is 0. The lowest BCUT2D eigenvalue weighted by atomic mass is 10.1. The summed E-state index contributed by atoms with van der Waals surface area (Å²) in [5.74, 6) is -0.975. The van der Waals surface area contributed by atoms with Gasteiger partial charge in [0.05, 0.1) is 21.5 Å². The highest BCUT2D eigenvalue weighted by Crippen LogP contribution is 2.28. The average molecular weight is 415 g/mol. The first-order valence-corrected chi connectivity index (χ1v) is 9.76. The largest absolute Gasteiger partial charge is 0.340 e. The van der Waals surface area contributed by atoms with Gasteiger partial charge in [-0.1, -0.05) is 35.1 Å². The molecule has 7 nitrogen and oxygen atoms in total. The molecule has 0 saturated heterocycles. The zero-order valence-electron chi connectivity index (χ0n) is 14.5. The first kappa shape index (κ1) is 18.4. The van der Waals surface area contributed by atoms with E-state index in [1.54, 1.807) is 42.5 Å². The second-order valence-electron chi connectivity index (χ2n) is 6.28. The molecule has 3 aromatic rings. The summed E-state index contributed by atoms with van der Waals surface area (Å²) in [6.07, 6.45) is 0.236. The number of hydrogen-bond acceptors (Lipinski definition) is 5. The first-order valence-electron chi connectivity index (χ1n) is 8.56. The zero-order chi connectivity index (χ0) is 19.7.